The summed E-state index contributed by atoms with van der Waals surface area (Å²) >= 11 is 0. The summed E-state index contributed by atoms with van der Waals surface area (Å²) in [5.74, 6) is 0. The van der Waals surface area contributed by atoms with Crippen LogP contribution in [-0.4, -0.2) is 19.8 Å². The maximum Gasteiger partial charge on any atom is 0.370 e. The SMILES string of the molecule is CC1(C)O[Si](C)(C2=CCCC=C2)OC1(C)C. The van der Waals surface area contributed by atoms with Crippen LogP contribution in [0.1, 0.15) is 40.5 Å². The van der Waals surface area contributed by atoms with Crippen molar-refractivity contribution in [2.24, 2.45) is 0 Å². The topological polar surface area (TPSA) is 18.5 Å². The minimum absolute atomic E-state index is 0.208. The highest BCUT2D eigenvalue weighted by atomic mass is 28.4. The Balaban J connectivity index is 2.30. The van der Waals surface area contributed by atoms with Crippen molar-refractivity contribution in [1.82, 2.24) is 0 Å². The quantitative estimate of drug-likeness (QED) is 0.651. The Bertz CT molecular complexity index is 337. The highest BCUT2D eigenvalue weighted by molar-refractivity contribution is 6.75. The fourth-order valence-electron chi connectivity index (χ4n) is 2.31. The zero-order chi connectivity index (χ0) is 12.0. The molecule has 3 heteroatoms. The molecule has 0 spiro atoms. The maximum absolute atomic E-state index is 6.29. The Morgan fingerprint density at radius 3 is 2.06 bits per heavy atom. The van der Waals surface area contributed by atoms with Gasteiger partial charge in [0.1, 0.15) is 0 Å². The summed E-state index contributed by atoms with van der Waals surface area (Å²) in [5.41, 5.74) is -0.416. The summed E-state index contributed by atoms with van der Waals surface area (Å²) in [5, 5.41) is 1.29. The molecule has 1 aliphatic carbocycles. The van der Waals surface area contributed by atoms with Gasteiger partial charge in [0.25, 0.3) is 0 Å². The molecule has 0 aromatic heterocycles. The zero-order valence-electron chi connectivity index (χ0n) is 11.0. The van der Waals surface area contributed by atoms with Gasteiger partial charge in [-0.25, -0.2) is 0 Å². The van der Waals surface area contributed by atoms with E-state index in [9.17, 15) is 0 Å². The van der Waals surface area contributed by atoms with Crippen LogP contribution in [-0.2, 0) is 8.85 Å². The maximum atomic E-state index is 6.29. The van der Waals surface area contributed by atoms with Gasteiger partial charge in [-0.2, -0.15) is 0 Å². The molecule has 0 atom stereocenters. The summed E-state index contributed by atoms with van der Waals surface area (Å²) < 4.78 is 12.6. The largest absolute Gasteiger partial charge is 0.383 e. The van der Waals surface area contributed by atoms with Crippen LogP contribution in [0.15, 0.2) is 23.4 Å². The molecule has 16 heavy (non-hydrogen) atoms. The van der Waals surface area contributed by atoms with E-state index in [1.807, 2.05) is 0 Å². The van der Waals surface area contributed by atoms with E-state index in [2.05, 4.69) is 52.5 Å². The van der Waals surface area contributed by atoms with E-state index >= 15 is 0 Å². The number of allylic oxidation sites excluding steroid dienone is 4. The van der Waals surface area contributed by atoms with Crippen molar-refractivity contribution in [2.45, 2.75) is 58.3 Å². The minimum Gasteiger partial charge on any atom is -0.383 e. The predicted molar refractivity (Wildman–Crippen MR) is 68.4 cm³/mol. The Kier molecular flexibility index (Phi) is 2.68. The van der Waals surface area contributed by atoms with Gasteiger partial charge in [0.15, 0.2) is 0 Å². The van der Waals surface area contributed by atoms with Gasteiger partial charge in [-0.05, 0) is 52.3 Å². The lowest BCUT2D eigenvalue weighted by Crippen LogP contribution is -2.41. The fraction of sp³-hybridized carbons (Fsp3) is 0.692. The van der Waals surface area contributed by atoms with Crippen LogP contribution < -0.4 is 0 Å². The molecule has 0 amide bonds. The smallest absolute Gasteiger partial charge is 0.370 e. The Morgan fingerprint density at radius 1 is 1.06 bits per heavy atom. The van der Waals surface area contributed by atoms with Crippen molar-refractivity contribution in [3.63, 3.8) is 0 Å². The van der Waals surface area contributed by atoms with E-state index in [0.29, 0.717) is 0 Å². The summed E-state index contributed by atoms with van der Waals surface area (Å²) in [6.45, 7) is 10.7. The van der Waals surface area contributed by atoms with Crippen molar-refractivity contribution in [3.05, 3.63) is 23.4 Å². The van der Waals surface area contributed by atoms with Gasteiger partial charge < -0.3 is 8.85 Å². The number of hydrogen-bond donors (Lipinski definition) is 0. The molecule has 1 heterocycles. The third-order valence-corrected chi connectivity index (χ3v) is 7.09. The third-order valence-electron chi connectivity index (χ3n) is 3.87. The van der Waals surface area contributed by atoms with Crippen molar-refractivity contribution in [2.75, 3.05) is 0 Å². The summed E-state index contributed by atoms with van der Waals surface area (Å²) in [7, 11) is -2.18. The normalized spacial score (nSPS) is 30.2. The zero-order valence-corrected chi connectivity index (χ0v) is 12.0. The second-order valence-corrected chi connectivity index (χ2v) is 8.69. The average molecular weight is 238 g/mol. The lowest BCUT2D eigenvalue weighted by molar-refractivity contribution is 0.00578. The summed E-state index contributed by atoms with van der Waals surface area (Å²) in [6, 6.07) is 0. The molecular formula is C13H22O2Si. The summed E-state index contributed by atoms with van der Waals surface area (Å²) in [4.78, 5) is 0. The fourth-order valence-corrected chi connectivity index (χ4v) is 5.96. The first-order valence-corrected chi connectivity index (χ1v) is 8.36. The van der Waals surface area contributed by atoms with Gasteiger partial charge in [-0.15, -0.1) is 0 Å². The molecule has 2 nitrogen and oxygen atoms in total. The first-order valence-electron chi connectivity index (χ1n) is 6.04. The van der Waals surface area contributed by atoms with Gasteiger partial charge in [0.05, 0.1) is 11.2 Å². The molecule has 0 radical (unpaired) electrons. The minimum atomic E-state index is -2.18. The molecule has 1 fully saturated rings. The van der Waals surface area contributed by atoms with Gasteiger partial charge in [-0.3, -0.25) is 0 Å². The van der Waals surface area contributed by atoms with Crippen LogP contribution in [0.4, 0.5) is 0 Å². The Hall–Kier alpha value is -0.383. The van der Waals surface area contributed by atoms with Crippen molar-refractivity contribution in [1.29, 1.82) is 0 Å². The van der Waals surface area contributed by atoms with E-state index in [1.54, 1.807) is 0 Å². The summed E-state index contributed by atoms with van der Waals surface area (Å²) in [6.07, 6.45) is 8.94. The van der Waals surface area contributed by atoms with Gasteiger partial charge in [-0.1, -0.05) is 18.2 Å². The van der Waals surface area contributed by atoms with Crippen molar-refractivity contribution >= 4 is 8.56 Å². The molecule has 90 valence electrons. The first-order chi connectivity index (χ1) is 7.27. The molecular weight excluding hydrogens is 216 g/mol. The molecule has 0 unspecified atom stereocenters. The van der Waals surface area contributed by atoms with Gasteiger partial charge in [0.2, 0.25) is 0 Å². The Morgan fingerprint density at radius 2 is 1.62 bits per heavy atom. The molecule has 2 rings (SSSR count). The molecule has 2 aliphatic rings. The molecule has 0 aromatic rings. The standard InChI is InChI=1S/C13H22O2Si/c1-12(2)13(3,4)15-16(5,14-12)11-9-7-6-8-10-11/h7,9-10H,6,8H2,1-5H3. The molecule has 0 bridgehead atoms. The van der Waals surface area contributed by atoms with E-state index in [0.717, 1.165) is 12.8 Å². The van der Waals surface area contributed by atoms with Crippen molar-refractivity contribution in [3.8, 4) is 0 Å². The van der Waals surface area contributed by atoms with Gasteiger partial charge in [0, 0.05) is 0 Å². The second-order valence-electron chi connectivity index (χ2n) is 5.81. The van der Waals surface area contributed by atoms with Crippen LogP contribution in [0.5, 0.6) is 0 Å². The van der Waals surface area contributed by atoms with E-state index in [-0.39, 0.29) is 11.2 Å². The molecule has 1 aliphatic heterocycles. The highest BCUT2D eigenvalue weighted by Gasteiger charge is 2.57. The molecule has 0 N–H and O–H groups in total. The molecule has 0 aromatic carbocycles. The molecule has 0 saturated carbocycles. The molecule has 1 saturated heterocycles. The van der Waals surface area contributed by atoms with E-state index < -0.39 is 8.56 Å². The van der Waals surface area contributed by atoms with Crippen LogP contribution in [0.3, 0.4) is 0 Å². The lowest BCUT2D eigenvalue weighted by Gasteiger charge is -2.31. The van der Waals surface area contributed by atoms with E-state index in [4.69, 9.17) is 8.85 Å². The van der Waals surface area contributed by atoms with Gasteiger partial charge >= 0.3 is 8.56 Å². The lowest BCUT2D eigenvalue weighted by atomic mass is 9.90. The number of hydrogen-bond acceptors (Lipinski definition) is 2. The predicted octanol–water partition coefficient (Wildman–Crippen LogP) is 3.48. The van der Waals surface area contributed by atoms with Crippen LogP contribution >= 0.6 is 0 Å². The van der Waals surface area contributed by atoms with Crippen LogP contribution in [0.2, 0.25) is 6.55 Å². The number of rotatable bonds is 1. The van der Waals surface area contributed by atoms with Crippen LogP contribution in [0.25, 0.3) is 0 Å². The first kappa shape index (κ1) is 12.1. The average Bonchev–Trinajstić information content (AvgIpc) is 2.33. The second kappa shape index (κ2) is 3.55. The van der Waals surface area contributed by atoms with E-state index in [1.165, 1.54) is 5.20 Å². The van der Waals surface area contributed by atoms with Crippen molar-refractivity contribution < 1.29 is 8.85 Å². The monoisotopic (exact) mass is 238 g/mol. The highest BCUT2D eigenvalue weighted by Crippen LogP contribution is 2.44. The Labute approximate surface area is 99.6 Å². The van der Waals surface area contributed by atoms with Crippen LogP contribution in [0, 0.1) is 0 Å². The third kappa shape index (κ3) is 1.81.